The van der Waals surface area contributed by atoms with E-state index in [-0.39, 0.29) is 18.0 Å². The third-order valence-electron chi connectivity index (χ3n) is 0. The summed E-state index contributed by atoms with van der Waals surface area (Å²) in [7, 11) is 0. The van der Waals surface area contributed by atoms with Gasteiger partial charge in [-0.15, -0.1) is 0 Å². The molecule has 0 aliphatic rings. The maximum atomic E-state index is 8.64. The fourth-order valence-electron chi connectivity index (χ4n) is 0. The average molecular weight is 267 g/mol. The summed E-state index contributed by atoms with van der Waals surface area (Å²) in [6.07, 6.45) is 0. The average Bonchev–Trinajstić information content (AvgIpc) is 0.722. The van der Waals surface area contributed by atoms with Crippen LogP contribution < -0.4 is 10.2 Å². The van der Waals surface area contributed by atoms with Crippen molar-refractivity contribution < 1.29 is 13.2 Å². The number of rotatable bonds is 0. The second-order valence-electron chi connectivity index (χ2n) is 0.447. The molecule has 4 nitrogen and oxygen atoms in total. The van der Waals surface area contributed by atoms with E-state index in [0.717, 1.165) is 0 Å². The monoisotopic (exact) mass is 266 g/mol. The molecule has 6 heavy (non-hydrogen) atoms. The van der Waals surface area contributed by atoms with Gasteiger partial charge in [-0.3, -0.25) is 0 Å². The van der Waals surface area contributed by atoms with E-state index in [9.17, 15) is 0 Å². The zero-order valence-corrected chi connectivity index (χ0v) is 4.63. The van der Waals surface area contributed by atoms with Crippen molar-refractivity contribution in [2.75, 3.05) is 0 Å². The van der Waals surface area contributed by atoms with Crippen molar-refractivity contribution in [1.29, 1.82) is 0 Å². The Bertz CT molecular complexity index is 53.7. The Balaban J connectivity index is 0. The normalized spacial score (nSPS) is 9.83. The van der Waals surface area contributed by atoms with Gasteiger partial charge in [-0.2, -0.15) is 0 Å². The molecular formula is H6AsO4Sb. The van der Waals surface area contributed by atoms with Crippen LogP contribution in [0.1, 0.15) is 0 Å². The van der Waals surface area contributed by atoms with E-state index in [2.05, 4.69) is 0 Å². The first kappa shape index (κ1) is 10.1. The van der Waals surface area contributed by atoms with Gasteiger partial charge in [0.1, 0.15) is 0 Å². The maximum absolute atomic E-state index is 8.64. The molecule has 0 fully saturated rings. The van der Waals surface area contributed by atoms with E-state index in [0.29, 0.717) is 0 Å². The van der Waals surface area contributed by atoms with Gasteiger partial charge in [0.25, 0.3) is 0 Å². The van der Waals surface area contributed by atoms with E-state index in [1.807, 2.05) is 0 Å². The van der Waals surface area contributed by atoms with Gasteiger partial charge in [0.2, 0.25) is 0 Å². The van der Waals surface area contributed by atoms with Crippen molar-refractivity contribution in [1.82, 2.24) is 0 Å². The van der Waals surface area contributed by atoms with Crippen molar-refractivity contribution in [3.8, 4) is 0 Å². The first-order valence-corrected chi connectivity index (χ1v) is 4.90. The molecule has 0 aromatic carbocycles. The predicted octanol–water partition coefficient (Wildman–Crippen LogP) is -6.05. The SMILES string of the molecule is [AsH6+3].[O]=[Sb]([O-])([O-])[O-]. The van der Waals surface area contributed by atoms with Gasteiger partial charge in [0, 0.05) is 0 Å². The zero-order chi connectivity index (χ0) is 4.50. The Morgan fingerprint density at radius 3 is 1.17 bits per heavy atom. The third-order valence-corrected chi connectivity index (χ3v) is 0. The van der Waals surface area contributed by atoms with Crippen molar-refractivity contribution >= 4 is 38.0 Å². The molecule has 0 rings (SSSR count). The van der Waals surface area contributed by atoms with Crippen molar-refractivity contribution in [2.45, 2.75) is 0 Å². The molecule has 6 heteroatoms. The topological polar surface area (TPSA) is 86.2 Å². The van der Waals surface area contributed by atoms with Gasteiger partial charge >= 0.3 is 51.2 Å². The molecule has 0 bridgehead atoms. The van der Waals surface area contributed by atoms with Crippen LogP contribution in [0.5, 0.6) is 0 Å². The van der Waals surface area contributed by atoms with Gasteiger partial charge in [-0.25, -0.2) is 0 Å². The van der Waals surface area contributed by atoms with Crippen LogP contribution in [0.2, 0.25) is 0 Å². The second-order valence-corrected chi connectivity index (χ2v) is 3.00. The zero-order valence-electron chi connectivity index (χ0n) is 2.08. The molecule has 0 aromatic rings. The standard InChI is InChI=1S/AsH6.4O.Sb/h1H6;;;;;/q+3;;3*-1;. The van der Waals surface area contributed by atoms with E-state index in [1.54, 1.807) is 0 Å². The Labute approximate surface area is 51.2 Å². The van der Waals surface area contributed by atoms with Gasteiger partial charge in [-0.1, -0.05) is 0 Å². The van der Waals surface area contributed by atoms with E-state index >= 15 is 0 Å². The number of hydrogen-bond acceptors (Lipinski definition) is 4. The number of hydrogen-bond donors (Lipinski definition) is 0. The Kier molecular flexibility index (Phi) is 5.25. The molecule has 0 saturated heterocycles. The molecule has 0 heterocycles. The molecule has 40 valence electrons. The minimum absolute atomic E-state index is 0. The van der Waals surface area contributed by atoms with Crippen molar-refractivity contribution in [3.05, 3.63) is 0 Å². The van der Waals surface area contributed by atoms with E-state index < -0.39 is 20.1 Å². The van der Waals surface area contributed by atoms with Crippen LogP contribution >= 0.6 is 0 Å². The first-order chi connectivity index (χ1) is 2.00. The molecule has 0 saturated carbocycles. The van der Waals surface area contributed by atoms with Crippen LogP contribution in [0, 0.1) is 0 Å². The van der Waals surface area contributed by atoms with Crippen LogP contribution in [0.4, 0.5) is 0 Å². The molecule has 0 radical (unpaired) electrons. The molecule has 0 aromatic heterocycles. The van der Waals surface area contributed by atoms with Crippen molar-refractivity contribution in [2.24, 2.45) is 0 Å². The summed E-state index contributed by atoms with van der Waals surface area (Å²) in [4.78, 5) is 0. The molecule has 0 unspecified atom stereocenters. The summed E-state index contributed by atoms with van der Waals surface area (Å²) in [5, 5.41) is 0. The predicted molar refractivity (Wildman–Crippen MR) is 20.6 cm³/mol. The van der Waals surface area contributed by atoms with Gasteiger partial charge < -0.3 is 0 Å². The van der Waals surface area contributed by atoms with Crippen LogP contribution in [0.25, 0.3) is 0 Å². The second kappa shape index (κ2) is 3.11. The molecule has 0 atom stereocenters. The first-order valence-electron chi connectivity index (χ1n) is 0.730. The summed E-state index contributed by atoms with van der Waals surface area (Å²) in [5.74, 6) is 0. The summed E-state index contributed by atoms with van der Waals surface area (Å²) in [6, 6.07) is 0. The summed E-state index contributed by atoms with van der Waals surface area (Å²) in [5.41, 5.74) is 0. The van der Waals surface area contributed by atoms with Crippen LogP contribution in [-0.2, 0) is 3.02 Å². The molecule has 0 N–H and O–H groups in total. The van der Waals surface area contributed by atoms with Gasteiger partial charge in [-0.05, 0) is 0 Å². The quantitative estimate of drug-likeness (QED) is 0.409. The van der Waals surface area contributed by atoms with E-state index in [1.165, 1.54) is 0 Å². The molecule has 0 spiro atoms. The van der Waals surface area contributed by atoms with Gasteiger partial charge in [0.15, 0.2) is 0 Å². The Hall–Kier alpha value is 1.06. The minimum atomic E-state index is -6.10. The Morgan fingerprint density at radius 2 is 1.17 bits per heavy atom. The van der Waals surface area contributed by atoms with E-state index in [4.69, 9.17) is 13.2 Å². The fourth-order valence-corrected chi connectivity index (χ4v) is 0. The Morgan fingerprint density at radius 1 is 1.17 bits per heavy atom. The summed E-state index contributed by atoms with van der Waals surface area (Å²) < 4.78 is 34.6. The molecule has 0 aliphatic carbocycles. The summed E-state index contributed by atoms with van der Waals surface area (Å²) in [6.45, 7) is 0. The van der Waals surface area contributed by atoms with Crippen LogP contribution in [0.3, 0.4) is 0 Å². The third kappa shape index (κ3) is 74.5. The van der Waals surface area contributed by atoms with Gasteiger partial charge in [0.05, 0.1) is 0 Å². The summed E-state index contributed by atoms with van der Waals surface area (Å²) >= 11 is -6.10. The molecule has 0 aliphatic heterocycles. The molecular weight excluding hydrogens is 261 g/mol. The fraction of sp³-hybridized carbons (Fsp3) is 0. The van der Waals surface area contributed by atoms with Crippen LogP contribution in [0.15, 0.2) is 0 Å². The van der Waals surface area contributed by atoms with Crippen LogP contribution in [-0.4, -0.2) is 38.0 Å². The molecule has 0 amide bonds. The van der Waals surface area contributed by atoms with Crippen molar-refractivity contribution in [3.63, 3.8) is 0 Å².